The van der Waals surface area contributed by atoms with E-state index in [0.29, 0.717) is 0 Å². The lowest BCUT2D eigenvalue weighted by Crippen LogP contribution is -2.19. The van der Waals surface area contributed by atoms with Gasteiger partial charge in [0.1, 0.15) is 0 Å². The normalized spacial score (nSPS) is 11.9. The van der Waals surface area contributed by atoms with Gasteiger partial charge < -0.3 is 9.47 Å². The molecule has 0 rings (SSSR count). The van der Waals surface area contributed by atoms with E-state index in [9.17, 15) is 0 Å². The first-order chi connectivity index (χ1) is 16.3. The maximum absolute atomic E-state index is 6.16. The Morgan fingerprint density at radius 1 is 0.515 bits per heavy atom. The highest BCUT2D eigenvalue weighted by Gasteiger charge is 2.09. The summed E-state index contributed by atoms with van der Waals surface area (Å²) in [6, 6.07) is 0. The number of hydrogen-bond donors (Lipinski definition) is 0. The quantitative estimate of drug-likeness (QED) is 0.0433. The zero-order valence-electron chi connectivity index (χ0n) is 22.6. The van der Waals surface area contributed by atoms with Gasteiger partial charge in [-0.1, -0.05) is 138 Å². The Kier molecular flexibility index (Phi) is 30.3. The van der Waals surface area contributed by atoms with Crippen molar-refractivity contribution < 1.29 is 9.47 Å². The molecule has 0 atom stereocenters. The van der Waals surface area contributed by atoms with Crippen molar-refractivity contribution in [2.45, 2.75) is 161 Å². The Balaban J connectivity index is 3.80. The average molecular weight is 532 g/mol. The Morgan fingerprint density at radius 3 is 1.45 bits per heavy atom. The molecule has 0 spiro atoms. The molecule has 3 heteroatoms. The zero-order chi connectivity index (χ0) is 24.1. The van der Waals surface area contributed by atoms with Gasteiger partial charge in [-0.3, -0.25) is 0 Å². The fraction of sp³-hybridized carbons (Fsp3) is 0.933. The topological polar surface area (TPSA) is 18.5 Å². The standard InChI is InChI=1S/C30H59BrO2/c1-3-5-7-9-20-24-28-32-30(33-29-25-21-10-8-6-4-2)26-22-18-16-14-12-11-13-15-17-19-23-27-31/h17,19,30H,3-16,18,20-29H2,1-2H3/b19-17+. The molecule has 0 amide bonds. The van der Waals surface area contributed by atoms with Gasteiger partial charge in [0.2, 0.25) is 0 Å². The predicted octanol–water partition coefficient (Wildman–Crippen LogP) is 10.9. The second kappa shape index (κ2) is 30.2. The van der Waals surface area contributed by atoms with Crippen LogP contribution in [0.25, 0.3) is 0 Å². The summed E-state index contributed by atoms with van der Waals surface area (Å²) in [6.45, 7) is 6.30. The molecule has 0 radical (unpaired) electrons. The van der Waals surface area contributed by atoms with E-state index >= 15 is 0 Å². The molecule has 0 fully saturated rings. The molecule has 0 aromatic heterocycles. The highest BCUT2D eigenvalue weighted by atomic mass is 79.9. The molecule has 0 saturated heterocycles. The lowest BCUT2D eigenvalue weighted by atomic mass is 10.1. The second-order valence-corrected chi connectivity index (χ2v) is 10.5. The first kappa shape index (κ1) is 33.1. The van der Waals surface area contributed by atoms with Gasteiger partial charge in [0.15, 0.2) is 6.29 Å². The number of alkyl halides is 1. The summed E-state index contributed by atoms with van der Waals surface area (Å²) in [5.41, 5.74) is 0. The van der Waals surface area contributed by atoms with Crippen LogP contribution in [0.5, 0.6) is 0 Å². The van der Waals surface area contributed by atoms with Crippen molar-refractivity contribution in [2.75, 3.05) is 18.5 Å². The summed E-state index contributed by atoms with van der Waals surface area (Å²) in [5, 5.41) is 1.08. The van der Waals surface area contributed by atoms with E-state index in [-0.39, 0.29) is 6.29 Å². The lowest BCUT2D eigenvalue weighted by Gasteiger charge is -2.19. The molecule has 198 valence electrons. The number of ether oxygens (including phenoxy) is 2. The van der Waals surface area contributed by atoms with Crippen molar-refractivity contribution in [3.8, 4) is 0 Å². The summed E-state index contributed by atoms with van der Waals surface area (Å²) in [6.07, 6.45) is 33.4. The van der Waals surface area contributed by atoms with Gasteiger partial charge in [-0.25, -0.2) is 0 Å². The summed E-state index contributed by atoms with van der Waals surface area (Å²) >= 11 is 3.47. The van der Waals surface area contributed by atoms with Crippen LogP contribution in [0.15, 0.2) is 12.2 Å². The van der Waals surface area contributed by atoms with Crippen molar-refractivity contribution in [1.29, 1.82) is 0 Å². The van der Waals surface area contributed by atoms with Crippen LogP contribution in [0.3, 0.4) is 0 Å². The molecule has 0 aliphatic rings. The summed E-state index contributed by atoms with van der Waals surface area (Å²) in [5.74, 6) is 0. The van der Waals surface area contributed by atoms with Gasteiger partial charge in [-0.15, -0.1) is 0 Å². The van der Waals surface area contributed by atoms with Crippen molar-refractivity contribution in [3.63, 3.8) is 0 Å². The van der Waals surface area contributed by atoms with Crippen LogP contribution in [0.1, 0.15) is 155 Å². The molecule has 0 aromatic carbocycles. The number of rotatable bonds is 28. The molecule has 0 saturated carbocycles. The Hall–Kier alpha value is 0.140. The van der Waals surface area contributed by atoms with E-state index in [4.69, 9.17) is 9.47 Å². The maximum atomic E-state index is 6.16. The molecular weight excluding hydrogens is 472 g/mol. The third kappa shape index (κ3) is 28.3. The third-order valence-electron chi connectivity index (χ3n) is 6.36. The summed E-state index contributed by atoms with van der Waals surface area (Å²) in [7, 11) is 0. The fourth-order valence-electron chi connectivity index (χ4n) is 4.16. The van der Waals surface area contributed by atoms with E-state index in [2.05, 4.69) is 41.9 Å². The molecule has 0 N–H and O–H groups in total. The molecule has 0 bridgehead atoms. The molecule has 0 unspecified atom stereocenters. The Morgan fingerprint density at radius 2 is 0.939 bits per heavy atom. The molecule has 0 aliphatic carbocycles. The molecule has 2 nitrogen and oxygen atoms in total. The monoisotopic (exact) mass is 530 g/mol. The van der Waals surface area contributed by atoms with E-state index < -0.39 is 0 Å². The number of allylic oxidation sites excluding steroid dienone is 2. The van der Waals surface area contributed by atoms with E-state index in [1.807, 2.05) is 0 Å². The van der Waals surface area contributed by atoms with Crippen LogP contribution in [0.4, 0.5) is 0 Å². The number of hydrogen-bond acceptors (Lipinski definition) is 2. The van der Waals surface area contributed by atoms with Crippen molar-refractivity contribution in [2.24, 2.45) is 0 Å². The van der Waals surface area contributed by atoms with Crippen LogP contribution in [0, 0.1) is 0 Å². The van der Waals surface area contributed by atoms with Crippen molar-refractivity contribution in [1.82, 2.24) is 0 Å². The van der Waals surface area contributed by atoms with Gasteiger partial charge in [-0.05, 0) is 44.9 Å². The molecule has 0 aromatic rings. The Bertz CT molecular complexity index is 354. The van der Waals surface area contributed by atoms with Crippen LogP contribution in [-0.2, 0) is 9.47 Å². The average Bonchev–Trinajstić information content (AvgIpc) is 2.83. The fourth-order valence-corrected chi connectivity index (χ4v) is 4.43. The minimum atomic E-state index is 0.0302. The zero-order valence-corrected chi connectivity index (χ0v) is 24.2. The second-order valence-electron chi connectivity index (χ2n) is 9.71. The van der Waals surface area contributed by atoms with Gasteiger partial charge in [0.05, 0.1) is 0 Å². The number of halogens is 1. The third-order valence-corrected chi connectivity index (χ3v) is 6.81. The lowest BCUT2D eigenvalue weighted by molar-refractivity contribution is -0.148. The minimum Gasteiger partial charge on any atom is -0.353 e. The highest BCUT2D eigenvalue weighted by Crippen LogP contribution is 2.15. The van der Waals surface area contributed by atoms with Crippen LogP contribution < -0.4 is 0 Å². The molecule has 0 heterocycles. The first-order valence-corrected chi connectivity index (χ1v) is 15.9. The van der Waals surface area contributed by atoms with Gasteiger partial charge >= 0.3 is 0 Å². The smallest absolute Gasteiger partial charge is 0.157 e. The largest absolute Gasteiger partial charge is 0.353 e. The molecule has 0 aliphatic heterocycles. The maximum Gasteiger partial charge on any atom is 0.157 e. The van der Waals surface area contributed by atoms with Gasteiger partial charge in [0, 0.05) is 18.5 Å². The summed E-state index contributed by atoms with van der Waals surface area (Å²) in [4.78, 5) is 0. The summed E-state index contributed by atoms with van der Waals surface area (Å²) < 4.78 is 12.3. The van der Waals surface area contributed by atoms with Gasteiger partial charge in [-0.2, -0.15) is 0 Å². The van der Waals surface area contributed by atoms with E-state index in [1.54, 1.807) is 0 Å². The van der Waals surface area contributed by atoms with Crippen LogP contribution in [-0.4, -0.2) is 24.8 Å². The highest BCUT2D eigenvalue weighted by molar-refractivity contribution is 9.09. The minimum absolute atomic E-state index is 0.0302. The Labute approximate surface area is 217 Å². The van der Waals surface area contributed by atoms with E-state index in [0.717, 1.165) is 31.4 Å². The molecular formula is C30H59BrO2. The van der Waals surface area contributed by atoms with Crippen molar-refractivity contribution >= 4 is 15.9 Å². The van der Waals surface area contributed by atoms with Crippen molar-refractivity contribution in [3.05, 3.63) is 12.2 Å². The number of unbranched alkanes of at least 4 members (excludes halogenated alkanes) is 17. The van der Waals surface area contributed by atoms with E-state index in [1.165, 1.54) is 128 Å². The van der Waals surface area contributed by atoms with Gasteiger partial charge in [0.25, 0.3) is 0 Å². The van der Waals surface area contributed by atoms with Crippen LogP contribution in [0.2, 0.25) is 0 Å². The molecule has 33 heavy (non-hydrogen) atoms. The SMILES string of the molecule is CCCCCCCCOC(CCCCCCCCC/C=C/CCBr)OCCCCCCCC. The first-order valence-electron chi connectivity index (χ1n) is 14.8. The van der Waals surface area contributed by atoms with Crippen LogP contribution >= 0.6 is 15.9 Å². The predicted molar refractivity (Wildman–Crippen MR) is 152 cm³/mol.